The molecular weight excluding hydrogens is 480 g/mol. The molecule has 198 valence electrons. The molecule has 0 aromatic heterocycles. The fourth-order valence-electron chi connectivity index (χ4n) is 3.57. The Kier molecular flexibility index (Phi) is 10.6. The number of carboxylic acids is 1. The largest absolute Gasteiger partial charge is 0.507 e. The summed E-state index contributed by atoms with van der Waals surface area (Å²) in [6.07, 6.45) is 3.40. The number of benzene rings is 2. The van der Waals surface area contributed by atoms with Crippen molar-refractivity contribution < 1.29 is 34.1 Å². The van der Waals surface area contributed by atoms with Gasteiger partial charge in [-0.2, -0.15) is 0 Å². The van der Waals surface area contributed by atoms with E-state index in [1.165, 1.54) is 24.6 Å². The molecule has 2 amide bonds. The molecule has 1 heterocycles. The first-order chi connectivity index (χ1) is 17.9. The summed E-state index contributed by atoms with van der Waals surface area (Å²) in [6, 6.07) is 11.7. The number of amides is 2. The number of nitrogens with zero attached hydrogens (tertiary/aromatic N) is 1. The maximum atomic E-state index is 12.5. The summed E-state index contributed by atoms with van der Waals surface area (Å²) in [5.41, 5.74) is 0.681. The van der Waals surface area contributed by atoms with Gasteiger partial charge in [0.05, 0.1) is 17.9 Å². The minimum atomic E-state index is -1.43. The second-order valence-electron chi connectivity index (χ2n) is 8.40. The third kappa shape index (κ3) is 9.36. The average molecular weight is 513 g/mol. The molecule has 37 heavy (non-hydrogen) atoms. The number of carbonyl (C=O) groups excluding carboxylic acids is 2. The number of alkyl carbamates (subject to hydrolysis) is 1. The van der Waals surface area contributed by atoms with Gasteiger partial charge in [0.15, 0.2) is 0 Å². The Bertz CT molecular complexity index is 1090. The molecule has 5 N–H and O–H groups in total. The summed E-state index contributed by atoms with van der Waals surface area (Å²) in [4.78, 5) is 40.5. The Balaban J connectivity index is 1.43. The van der Waals surface area contributed by atoms with Crippen LogP contribution >= 0.6 is 0 Å². The van der Waals surface area contributed by atoms with Crippen molar-refractivity contribution in [2.45, 2.75) is 38.3 Å². The first-order valence-corrected chi connectivity index (χ1v) is 12.1. The number of hydrogen-bond donors (Lipinski definition) is 5. The molecule has 0 unspecified atom stereocenters. The van der Waals surface area contributed by atoms with Crippen LogP contribution in [0.25, 0.3) is 0 Å². The van der Waals surface area contributed by atoms with E-state index in [0.29, 0.717) is 18.9 Å². The molecule has 1 aliphatic heterocycles. The first-order valence-electron chi connectivity index (χ1n) is 12.1. The summed E-state index contributed by atoms with van der Waals surface area (Å²) in [5, 5.41) is 27.5. The van der Waals surface area contributed by atoms with Gasteiger partial charge in [-0.3, -0.25) is 9.79 Å². The van der Waals surface area contributed by atoms with E-state index in [2.05, 4.69) is 20.9 Å². The van der Waals surface area contributed by atoms with Crippen LogP contribution in [-0.2, 0) is 16.1 Å². The molecule has 0 radical (unpaired) electrons. The fraction of sp³-hybridized carbons (Fsp3) is 0.385. The Morgan fingerprint density at radius 2 is 1.86 bits per heavy atom. The molecule has 1 aliphatic rings. The molecule has 3 rings (SSSR count). The van der Waals surface area contributed by atoms with E-state index in [0.717, 1.165) is 37.2 Å². The van der Waals surface area contributed by atoms with Gasteiger partial charge in [0, 0.05) is 25.6 Å². The van der Waals surface area contributed by atoms with Crippen LogP contribution in [0.2, 0.25) is 0 Å². The summed E-state index contributed by atoms with van der Waals surface area (Å²) < 4.78 is 10.6. The van der Waals surface area contributed by atoms with Crippen molar-refractivity contribution in [3.8, 4) is 11.5 Å². The molecule has 0 saturated heterocycles. The normalized spacial score (nSPS) is 13.9. The Labute approximate surface area is 214 Å². The molecule has 11 nitrogen and oxygen atoms in total. The van der Waals surface area contributed by atoms with Crippen LogP contribution in [0.1, 0.15) is 41.6 Å². The molecule has 0 bridgehead atoms. The van der Waals surface area contributed by atoms with Gasteiger partial charge in [-0.15, -0.1) is 0 Å². The van der Waals surface area contributed by atoms with Crippen LogP contribution in [0.15, 0.2) is 53.5 Å². The van der Waals surface area contributed by atoms with Crippen LogP contribution < -0.4 is 20.7 Å². The van der Waals surface area contributed by atoms with Crippen LogP contribution in [0.4, 0.5) is 4.79 Å². The SMILES string of the molecule is O=C(N[C@@H](CNC(=O)c1ccc(OCCNC2=NCCCCC2)cc1O)C(=O)O)OCc1ccccc1. The molecule has 2 aromatic rings. The molecule has 2 aromatic carbocycles. The number of hydrogen-bond acceptors (Lipinski definition) is 8. The van der Waals surface area contributed by atoms with E-state index in [-0.39, 0.29) is 17.9 Å². The lowest BCUT2D eigenvalue weighted by atomic mass is 10.1. The number of aliphatic imine (C=N–C) groups is 1. The average Bonchev–Trinajstić information content (AvgIpc) is 3.17. The summed E-state index contributed by atoms with van der Waals surface area (Å²) >= 11 is 0. The highest BCUT2D eigenvalue weighted by molar-refractivity contribution is 5.97. The number of nitrogens with one attached hydrogen (secondary N) is 3. The zero-order valence-electron chi connectivity index (χ0n) is 20.4. The Morgan fingerprint density at radius 3 is 2.62 bits per heavy atom. The predicted molar refractivity (Wildman–Crippen MR) is 136 cm³/mol. The number of ether oxygens (including phenoxy) is 2. The van der Waals surface area contributed by atoms with E-state index >= 15 is 0 Å². The fourth-order valence-corrected chi connectivity index (χ4v) is 3.57. The van der Waals surface area contributed by atoms with Crippen LogP contribution in [-0.4, -0.2) is 66.3 Å². The van der Waals surface area contributed by atoms with Crippen molar-refractivity contribution in [3.63, 3.8) is 0 Å². The predicted octanol–water partition coefficient (Wildman–Crippen LogP) is 2.44. The van der Waals surface area contributed by atoms with Crippen LogP contribution in [0, 0.1) is 0 Å². The van der Waals surface area contributed by atoms with E-state index < -0.39 is 30.6 Å². The van der Waals surface area contributed by atoms with Crippen molar-refractivity contribution in [2.75, 3.05) is 26.2 Å². The highest BCUT2D eigenvalue weighted by atomic mass is 16.5. The number of amidine groups is 1. The van der Waals surface area contributed by atoms with Gasteiger partial charge in [-0.05, 0) is 30.5 Å². The standard InChI is InChI=1S/C26H32N4O7/c31-22-15-19(36-14-13-28-23-9-5-2-6-12-27-23)10-11-20(22)24(32)29-16-21(25(33)34)30-26(35)37-17-18-7-3-1-4-8-18/h1,3-4,7-8,10-11,15,21,31H,2,5-6,9,12-14,16-17H2,(H,27,28)(H,29,32)(H,30,35)(H,33,34)/t21-/m0/s1. The molecule has 0 fully saturated rings. The zero-order valence-corrected chi connectivity index (χ0v) is 20.4. The van der Waals surface area contributed by atoms with Gasteiger partial charge in [0.2, 0.25) is 0 Å². The second kappa shape index (κ2) is 14.3. The van der Waals surface area contributed by atoms with Crippen LogP contribution in [0.5, 0.6) is 11.5 Å². The molecule has 0 aliphatic carbocycles. The van der Waals surface area contributed by atoms with Crippen molar-refractivity contribution >= 4 is 23.8 Å². The van der Waals surface area contributed by atoms with Gasteiger partial charge in [-0.25, -0.2) is 9.59 Å². The first kappa shape index (κ1) is 27.3. The highest BCUT2D eigenvalue weighted by Crippen LogP contribution is 2.23. The number of phenols is 1. The molecule has 0 spiro atoms. The zero-order chi connectivity index (χ0) is 26.5. The smallest absolute Gasteiger partial charge is 0.408 e. The molecule has 0 saturated carbocycles. The summed E-state index contributed by atoms with van der Waals surface area (Å²) in [6.45, 7) is 1.29. The number of aliphatic carboxylic acids is 1. The van der Waals surface area contributed by atoms with E-state index in [1.807, 2.05) is 6.07 Å². The lowest BCUT2D eigenvalue weighted by Crippen LogP contribution is -2.48. The van der Waals surface area contributed by atoms with E-state index in [9.17, 15) is 24.6 Å². The minimum absolute atomic E-state index is 0.0293. The Morgan fingerprint density at radius 1 is 1.05 bits per heavy atom. The van der Waals surface area contributed by atoms with Crippen molar-refractivity contribution in [2.24, 2.45) is 4.99 Å². The maximum Gasteiger partial charge on any atom is 0.408 e. The molecule has 1 atom stereocenters. The third-order valence-corrected chi connectivity index (χ3v) is 5.56. The second-order valence-corrected chi connectivity index (χ2v) is 8.40. The van der Waals surface area contributed by atoms with E-state index in [1.54, 1.807) is 24.3 Å². The van der Waals surface area contributed by atoms with Crippen molar-refractivity contribution in [1.82, 2.24) is 16.0 Å². The monoisotopic (exact) mass is 512 g/mol. The third-order valence-electron chi connectivity index (χ3n) is 5.56. The number of phenolic OH excluding ortho intramolecular Hbond substituents is 1. The quantitative estimate of drug-likeness (QED) is 0.287. The number of rotatable bonds is 11. The maximum absolute atomic E-state index is 12.5. The van der Waals surface area contributed by atoms with Gasteiger partial charge in [0.25, 0.3) is 5.91 Å². The number of carboxylic acid groups (broad SMARTS) is 1. The molecular formula is C26H32N4O7. The molecule has 11 heteroatoms. The van der Waals surface area contributed by atoms with Gasteiger partial charge < -0.3 is 35.6 Å². The lowest BCUT2D eigenvalue weighted by Gasteiger charge is -2.16. The number of carbonyl (C=O) groups is 3. The highest BCUT2D eigenvalue weighted by Gasteiger charge is 2.22. The van der Waals surface area contributed by atoms with Crippen molar-refractivity contribution in [3.05, 3.63) is 59.7 Å². The van der Waals surface area contributed by atoms with Gasteiger partial charge in [-0.1, -0.05) is 36.8 Å². The summed E-state index contributed by atoms with van der Waals surface area (Å²) in [7, 11) is 0. The van der Waals surface area contributed by atoms with E-state index in [4.69, 9.17) is 9.47 Å². The van der Waals surface area contributed by atoms with Crippen LogP contribution in [0.3, 0.4) is 0 Å². The minimum Gasteiger partial charge on any atom is -0.507 e. The van der Waals surface area contributed by atoms with Gasteiger partial charge in [0.1, 0.15) is 30.8 Å². The van der Waals surface area contributed by atoms with Gasteiger partial charge >= 0.3 is 12.1 Å². The number of aromatic hydroxyl groups is 1. The Hall–Kier alpha value is -4.28. The summed E-state index contributed by atoms with van der Waals surface area (Å²) in [5.74, 6) is -1.02. The lowest BCUT2D eigenvalue weighted by molar-refractivity contribution is -0.139. The topological polar surface area (TPSA) is 159 Å². The van der Waals surface area contributed by atoms with Crippen molar-refractivity contribution in [1.29, 1.82) is 0 Å².